The van der Waals surface area contributed by atoms with Crippen molar-refractivity contribution in [3.63, 3.8) is 0 Å². The molecular weight excluding hydrogens is 356 g/mol. The van der Waals surface area contributed by atoms with Crippen molar-refractivity contribution >= 4 is 34.6 Å². The first-order valence-corrected chi connectivity index (χ1v) is 8.19. The molecule has 0 radical (unpaired) electrons. The zero-order valence-electron chi connectivity index (χ0n) is 13.6. The van der Waals surface area contributed by atoms with Gasteiger partial charge in [-0.1, -0.05) is 17.7 Å². The molecule has 3 aromatic rings. The maximum absolute atomic E-state index is 6.18. The van der Waals surface area contributed by atoms with Crippen LogP contribution in [0.1, 0.15) is 5.56 Å². The lowest BCUT2D eigenvalue weighted by atomic mass is 10.2. The highest BCUT2D eigenvalue weighted by Crippen LogP contribution is 2.33. The van der Waals surface area contributed by atoms with Gasteiger partial charge in [0.2, 0.25) is 6.79 Å². The number of aromatic nitrogens is 3. The van der Waals surface area contributed by atoms with Gasteiger partial charge in [-0.2, -0.15) is 0 Å². The van der Waals surface area contributed by atoms with Gasteiger partial charge in [-0.3, -0.25) is 0 Å². The quantitative estimate of drug-likeness (QED) is 0.588. The number of fused-ring (bicyclic) bond motifs is 1. The molecule has 1 aliphatic heterocycles. The molecule has 2 aromatic heterocycles. The minimum atomic E-state index is 0.247. The van der Waals surface area contributed by atoms with E-state index < -0.39 is 0 Å². The van der Waals surface area contributed by atoms with E-state index in [0.717, 1.165) is 17.1 Å². The molecule has 1 aliphatic rings. The van der Waals surface area contributed by atoms with Crippen LogP contribution in [0.5, 0.6) is 11.5 Å². The number of nitrogens with two attached hydrogens (primary N) is 1. The van der Waals surface area contributed by atoms with Crippen LogP contribution in [0.25, 0.3) is 0 Å². The Morgan fingerprint density at radius 3 is 2.81 bits per heavy atom. The Balaban J connectivity index is 1.50. The summed E-state index contributed by atoms with van der Waals surface area (Å²) < 4.78 is 10.7. The van der Waals surface area contributed by atoms with Crippen molar-refractivity contribution in [2.75, 3.05) is 23.2 Å². The van der Waals surface area contributed by atoms with E-state index in [0.29, 0.717) is 34.7 Å². The van der Waals surface area contributed by atoms with Gasteiger partial charge in [0.25, 0.3) is 0 Å². The average molecular weight is 371 g/mol. The minimum absolute atomic E-state index is 0.247. The van der Waals surface area contributed by atoms with E-state index >= 15 is 0 Å². The summed E-state index contributed by atoms with van der Waals surface area (Å²) in [7, 11) is 0. The zero-order valence-corrected chi connectivity index (χ0v) is 14.3. The topological polar surface area (TPSA) is 107 Å². The standard InChI is InChI=1S/C17H15ClN6O2/c18-15-11(2-1-5-20-15)24-17-14(19)16(22-8-23-17)21-7-10-3-4-12-13(6-10)26-9-25-12/h1-6,8H,7,9,19H2,(H2,21,22,23,24). The molecule has 4 rings (SSSR count). The van der Waals surface area contributed by atoms with Gasteiger partial charge in [0.15, 0.2) is 28.3 Å². The van der Waals surface area contributed by atoms with Gasteiger partial charge >= 0.3 is 0 Å². The summed E-state index contributed by atoms with van der Waals surface area (Å²) in [6, 6.07) is 9.30. The van der Waals surface area contributed by atoms with Crippen molar-refractivity contribution < 1.29 is 9.47 Å². The third kappa shape index (κ3) is 3.27. The molecule has 0 saturated carbocycles. The number of pyridine rings is 1. The Bertz CT molecular complexity index is 952. The summed E-state index contributed by atoms with van der Waals surface area (Å²) in [6.45, 7) is 0.766. The van der Waals surface area contributed by atoms with E-state index in [9.17, 15) is 0 Å². The number of ether oxygens (including phenoxy) is 2. The van der Waals surface area contributed by atoms with Crippen molar-refractivity contribution in [1.82, 2.24) is 15.0 Å². The Labute approximate surface area is 154 Å². The molecule has 3 heterocycles. The van der Waals surface area contributed by atoms with Gasteiger partial charge in [0.05, 0.1) is 5.69 Å². The first-order valence-electron chi connectivity index (χ1n) is 7.81. The summed E-state index contributed by atoms with van der Waals surface area (Å²) in [5, 5.41) is 6.60. The second kappa shape index (κ2) is 6.93. The summed E-state index contributed by atoms with van der Waals surface area (Å²) in [6.07, 6.45) is 3.03. The molecular formula is C17H15ClN6O2. The highest BCUT2D eigenvalue weighted by Gasteiger charge is 2.14. The third-order valence-corrected chi connectivity index (χ3v) is 4.09. The number of rotatable bonds is 5. The van der Waals surface area contributed by atoms with E-state index in [2.05, 4.69) is 25.6 Å². The van der Waals surface area contributed by atoms with Crippen molar-refractivity contribution in [3.05, 3.63) is 53.6 Å². The highest BCUT2D eigenvalue weighted by atomic mass is 35.5. The molecule has 0 aliphatic carbocycles. The van der Waals surface area contributed by atoms with Gasteiger partial charge in [-0.15, -0.1) is 0 Å². The first-order chi connectivity index (χ1) is 12.7. The van der Waals surface area contributed by atoms with Gasteiger partial charge < -0.3 is 25.8 Å². The monoisotopic (exact) mass is 370 g/mol. The van der Waals surface area contributed by atoms with Crippen LogP contribution in [-0.2, 0) is 6.54 Å². The Morgan fingerprint density at radius 2 is 1.92 bits per heavy atom. The number of nitrogens with zero attached hydrogens (tertiary/aromatic N) is 3. The van der Waals surface area contributed by atoms with Crippen LogP contribution in [0.3, 0.4) is 0 Å². The number of nitrogen functional groups attached to an aromatic ring is 1. The fourth-order valence-electron chi connectivity index (χ4n) is 2.48. The van der Waals surface area contributed by atoms with Crippen LogP contribution in [0, 0.1) is 0 Å². The fraction of sp³-hybridized carbons (Fsp3) is 0.118. The lowest BCUT2D eigenvalue weighted by Crippen LogP contribution is -2.08. The fourth-order valence-corrected chi connectivity index (χ4v) is 2.65. The molecule has 0 saturated heterocycles. The summed E-state index contributed by atoms with van der Waals surface area (Å²) in [4.78, 5) is 12.4. The maximum atomic E-state index is 6.18. The van der Waals surface area contributed by atoms with E-state index in [1.807, 2.05) is 18.2 Å². The highest BCUT2D eigenvalue weighted by molar-refractivity contribution is 6.32. The SMILES string of the molecule is Nc1c(NCc2ccc3c(c2)OCO3)ncnc1Nc1cccnc1Cl. The predicted molar refractivity (Wildman–Crippen MR) is 98.9 cm³/mol. The van der Waals surface area contributed by atoms with E-state index in [-0.39, 0.29) is 6.79 Å². The molecule has 0 amide bonds. The molecule has 0 spiro atoms. The van der Waals surface area contributed by atoms with E-state index in [4.69, 9.17) is 26.8 Å². The molecule has 8 nitrogen and oxygen atoms in total. The average Bonchev–Trinajstić information content (AvgIpc) is 3.12. The molecule has 1 aromatic carbocycles. The van der Waals surface area contributed by atoms with Crippen molar-refractivity contribution in [2.24, 2.45) is 0 Å². The van der Waals surface area contributed by atoms with Crippen LogP contribution < -0.4 is 25.8 Å². The maximum Gasteiger partial charge on any atom is 0.231 e. The van der Waals surface area contributed by atoms with Gasteiger partial charge in [-0.25, -0.2) is 15.0 Å². The lowest BCUT2D eigenvalue weighted by molar-refractivity contribution is 0.174. The molecule has 26 heavy (non-hydrogen) atoms. The Kier molecular flexibility index (Phi) is 4.32. The molecule has 0 fully saturated rings. The van der Waals surface area contributed by atoms with E-state index in [1.165, 1.54) is 6.33 Å². The largest absolute Gasteiger partial charge is 0.454 e. The normalized spacial score (nSPS) is 12.0. The number of halogens is 1. The first kappa shape index (κ1) is 16.2. The van der Waals surface area contributed by atoms with Crippen LogP contribution in [0.2, 0.25) is 5.15 Å². The van der Waals surface area contributed by atoms with E-state index in [1.54, 1.807) is 18.3 Å². The molecule has 0 unspecified atom stereocenters. The smallest absolute Gasteiger partial charge is 0.231 e. The third-order valence-electron chi connectivity index (χ3n) is 3.79. The lowest BCUT2D eigenvalue weighted by Gasteiger charge is -2.13. The van der Waals surface area contributed by atoms with Gasteiger partial charge in [0, 0.05) is 12.7 Å². The number of nitrogens with one attached hydrogen (secondary N) is 2. The minimum Gasteiger partial charge on any atom is -0.454 e. The van der Waals surface area contributed by atoms with Gasteiger partial charge in [0.1, 0.15) is 12.0 Å². The molecule has 132 valence electrons. The molecule has 9 heteroatoms. The van der Waals surface area contributed by atoms with Crippen LogP contribution in [0.4, 0.5) is 23.0 Å². The molecule has 0 bridgehead atoms. The number of hydrogen-bond donors (Lipinski definition) is 3. The molecule has 0 atom stereocenters. The van der Waals surface area contributed by atoms with Crippen LogP contribution in [-0.4, -0.2) is 21.7 Å². The number of hydrogen-bond acceptors (Lipinski definition) is 8. The summed E-state index contributed by atoms with van der Waals surface area (Å²) in [5.74, 6) is 2.44. The zero-order chi connectivity index (χ0) is 17.9. The number of benzene rings is 1. The molecule has 4 N–H and O–H groups in total. The second-order valence-corrected chi connectivity index (χ2v) is 5.85. The summed E-state index contributed by atoms with van der Waals surface area (Å²) >= 11 is 6.06. The van der Waals surface area contributed by atoms with Crippen molar-refractivity contribution in [3.8, 4) is 11.5 Å². The Morgan fingerprint density at radius 1 is 1.08 bits per heavy atom. The number of anilines is 4. The second-order valence-electron chi connectivity index (χ2n) is 5.49. The predicted octanol–water partition coefficient (Wildman–Crippen LogP) is 3.19. The Hall–Kier alpha value is -3.26. The van der Waals surface area contributed by atoms with Crippen molar-refractivity contribution in [2.45, 2.75) is 6.54 Å². The van der Waals surface area contributed by atoms with Gasteiger partial charge in [-0.05, 0) is 29.8 Å². The van der Waals surface area contributed by atoms with Crippen LogP contribution >= 0.6 is 11.6 Å². The van der Waals surface area contributed by atoms with Crippen molar-refractivity contribution in [1.29, 1.82) is 0 Å². The summed E-state index contributed by atoms with van der Waals surface area (Å²) in [5.41, 5.74) is 8.18. The van der Waals surface area contributed by atoms with Crippen LogP contribution in [0.15, 0.2) is 42.9 Å².